The molecule has 90 valence electrons. The van der Waals surface area contributed by atoms with Gasteiger partial charge in [0.2, 0.25) is 5.91 Å². The number of carbonyl (C=O) groups is 2. The molecular weight excluding hydrogens is 222 g/mol. The van der Waals surface area contributed by atoms with Crippen LogP contribution in [0.3, 0.4) is 0 Å². The van der Waals surface area contributed by atoms with Gasteiger partial charge >= 0.3 is 5.97 Å². The molecule has 1 aromatic rings. The molecule has 0 aliphatic carbocycles. The summed E-state index contributed by atoms with van der Waals surface area (Å²) in [6.45, 7) is 0.174. The van der Waals surface area contributed by atoms with Crippen LogP contribution >= 0.6 is 0 Å². The monoisotopic (exact) mass is 235 g/mol. The Labute approximate surface area is 98.5 Å². The molecule has 0 aromatic heterocycles. The number of para-hydroxylation sites is 1. The van der Waals surface area contributed by atoms with Crippen molar-refractivity contribution in [2.75, 3.05) is 6.61 Å². The van der Waals surface area contributed by atoms with E-state index >= 15 is 0 Å². The molecule has 0 saturated heterocycles. The fourth-order valence-electron chi connectivity index (χ4n) is 1.17. The predicted molar refractivity (Wildman–Crippen MR) is 62.4 cm³/mol. The Hall–Kier alpha value is -2.30. The molecule has 5 nitrogen and oxygen atoms in total. The van der Waals surface area contributed by atoms with Gasteiger partial charge in [0.05, 0.1) is 13.0 Å². The molecule has 0 unspecified atom stereocenters. The van der Waals surface area contributed by atoms with Gasteiger partial charge in [-0.05, 0) is 12.1 Å². The van der Waals surface area contributed by atoms with E-state index in [1.807, 2.05) is 0 Å². The van der Waals surface area contributed by atoms with E-state index < -0.39 is 11.9 Å². The van der Waals surface area contributed by atoms with Crippen molar-refractivity contribution in [2.45, 2.75) is 6.42 Å². The molecule has 0 radical (unpaired) electrons. The van der Waals surface area contributed by atoms with Crippen LogP contribution < -0.4 is 10.5 Å². The minimum atomic E-state index is -1.03. The van der Waals surface area contributed by atoms with Crippen molar-refractivity contribution in [1.29, 1.82) is 0 Å². The van der Waals surface area contributed by atoms with E-state index in [2.05, 4.69) is 0 Å². The molecule has 1 rings (SSSR count). The van der Waals surface area contributed by atoms with Gasteiger partial charge in [-0.1, -0.05) is 18.2 Å². The summed E-state index contributed by atoms with van der Waals surface area (Å²) in [5.74, 6) is -0.952. The van der Waals surface area contributed by atoms with Gasteiger partial charge in [-0.25, -0.2) is 4.79 Å². The first-order valence-electron chi connectivity index (χ1n) is 5.00. The van der Waals surface area contributed by atoms with Gasteiger partial charge in [0.25, 0.3) is 0 Å². The van der Waals surface area contributed by atoms with Gasteiger partial charge in [-0.3, -0.25) is 4.79 Å². The van der Waals surface area contributed by atoms with Gasteiger partial charge in [0.1, 0.15) is 5.75 Å². The molecule has 0 aliphatic rings. The maximum Gasteiger partial charge on any atom is 0.328 e. The van der Waals surface area contributed by atoms with E-state index in [0.29, 0.717) is 11.3 Å². The second-order valence-electron chi connectivity index (χ2n) is 3.27. The van der Waals surface area contributed by atoms with E-state index in [4.69, 9.17) is 15.6 Å². The molecule has 0 spiro atoms. The van der Waals surface area contributed by atoms with E-state index in [0.717, 1.165) is 6.08 Å². The number of ether oxygens (including phenoxy) is 1. The maximum atomic E-state index is 10.5. The number of rotatable bonds is 6. The zero-order valence-electron chi connectivity index (χ0n) is 9.13. The van der Waals surface area contributed by atoms with Gasteiger partial charge < -0.3 is 15.6 Å². The van der Waals surface area contributed by atoms with Crippen molar-refractivity contribution in [3.8, 4) is 5.75 Å². The molecule has 0 aliphatic heterocycles. The summed E-state index contributed by atoms with van der Waals surface area (Å²) in [7, 11) is 0. The molecule has 0 heterocycles. The molecule has 1 amide bonds. The minimum absolute atomic E-state index is 0.122. The number of carboxylic acid groups (broad SMARTS) is 1. The van der Waals surface area contributed by atoms with Gasteiger partial charge in [0.15, 0.2) is 0 Å². The summed E-state index contributed by atoms with van der Waals surface area (Å²) in [6, 6.07) is 6.95. The first-order valence-corrected chi connectivity index (χ1v) is 5.00. The topological polar surface area (TPSA) is 89.6 Å². The van der Waals surface area contributed by atoms with Crippen molar-refractivity contribution in [2.24, 2.45) is 5.73 Å². The fraction of sp³-hybridized carbons (Fsp3) is 0.167. The number of benzene rings is 1. The van der Waals surface area contributed by atoms with Crippen LogP contribution in [-0.4, -0.2) is 23.6 Å². The normalized spacial score (nSPS) is 10.4. The number of amides is 1. The molecular formula is C12H13NO4. The minimum Gasteiger partial charge on any atom is -0.492 e. The second kappa shape index (κ2) is 6.32. The van der Waals surface area contributed by atoms with Gasteiger partial charge in [-0.15, -0.1) is 0 Å². The summed E-state index contributed by atoms with van der Waals surface area (Å²) >= 11 is 0. The Morgan fingerprint density at radius 3 is 2.71 bits per heavy atom. The standard InChI is InChI=1S/C12H13NO4/c13-11(14)7-8-17-10-4-2-1-3-9(10)5-6-12(15)16/h1-6H,7-8H2,(H2,13,14)(H,15,16)/b6-5+. The predicted octanol–water partition coefficient (Wildman–Crippen LogP) is 1.04. The van der Waals surface area contributed by atoms with E-state index in [-0.39, 0.29) is 13.0 Å². The van der Waals surface area contributed by atoms with Crippen molar-refractivity contribution in [3.63, 3.8) is 0 Å². The zero-order chi connectivity index (χ0) is 12.7. The molecule has 5 heteroatoms. The molecule has 1 aromatic carbocycles. The molecule has 0 atom stereocenters. The Morgan fingerprint density at radius 2 is 2.06 bits per heavy atom. The van der Waals surface area contributed by atoms with Crippen molar-refractivity contribution < 1.29 is 19.4 Å². The van der Waals surface area contributed by atoms with Crippen LogP contribution in [-0.2, 0) is 9.59 Å². The fourth-order valence-corrected chi connectivity index (χ4v) is 1.17. The average molecular weight is 235 g/mol. The van der Waals surface area contributed by atoms with Gasteiger partial charge in [0, 0.05) is 11.6 Å². The molecule has 0 bridgehead atoms. The Kier molecular flexibility index (Phi) is 4.75. The van der Waals surface area contributed by atoms with E-state index in [1.54, 1.807) is 24.3 Å². The van der Waals surface area contributed by atoms with Crippen LogP contribution in [0.25, 0.3) is 6.08 Å². The first kappa shape index (κ1) is 12.8. The Bertz CT molecular complexity index is 440. The summed E-state index contributed by atoms with van der Waals surface area (Å²) < 4.78 is 5.34. The van der Waals surface area contributed by atoms with Crippen LogP contribution in [0.15, 0.2) is 30.3 Å². The molecule has 17 heavy (non-hydrogen) atoms. The summed E-state index contributed by atoms with van der Waals surface area (Å²) in [6.07, 6.45) is 2.58. The maximum absolute atomic E-state index is 10.5. The summed E-state index contributed by atoms with van der Waals surface area (Å²) in [5, 5.41) is 8.53. The van der Waals surface area contributed by atoms with Crippen molar-refractivity contribution >= 4 is 18.0 Å². The number of carboxylic acids is 1. The number of carbonyl (C=O) groups excluding carboxylic acids is 1. The zero-order valence-corrected chi connectivity index (χ0v) is 9.13. The SMILES string of the molecule is NC(=O)CCOc1ccccc1/C=C/C(=O)O. The highest BCUT2D eigenvalue weighted by Crippen LogP contribution is 2.19. The van der Waals surface area contributed by atoms with Crippen LogP contribution in [0.2, 0.25) is 0 Å². The van der Waals surface area contributed by atoms with E-state index in [9.17, 15) is 9.59 Å². The first-order chi connectivity index (χ1) is 8.09. The third-order valence-electron chi connectivity index (χ3n) is 1.93. The van der Waals surface area contributed by atoms with Crippen LogP contribution in [0.5, 0.6) is 5.75 Å². The van der Waals surface area contributed by atoms with Crippen LogP contribution in [0, 0.1) is 0 Å². The van der Waals surface area contributed by atoms with Crippen molar-refractivity contribution in [1.82, 2.24) is 0 Å². The lowest BCUT2D eigenvalue weighted by Gasteiger charge is -2.07. The lowest BCUT2D eigenvalue weighted by Crippen LogP contribution is -2.14. The number of hydrogen-bond acceptors (Lipinski definition) is 3. The third-order valence-corrected chi connectivity index (χ3v) is 1.93. The summed E-state index contributed by atoms with van der Waals surface area (Å²) in [4.78, 5) is 20.9. The Balaban J connectivity index is 2.70. The quantitative estimate of drug-likeness (QED) is 0.721. The lowest BCUT2D eigenvalue weighted by molar-refractivity contribution is -0.131. The number of aliphatic carboxylic acids is 1. The lowest BCUT2D eigenvalue weighted by atomic mass is 10.2. The van der Waals surface area contributed by atoms with Crippen LogP contribution in [0.1, 0.15) is 12.0 Å². The average Bonchev–Trinajstić information content (AvgIpc) is 2.27. The van der Waals surface area contributed by atoms with Crippen molar-refractivity contribution in [3.05, 3.63) is 35.9 Å². The molecule has 3 N–H and O–H groups in total. The largest absolute Gasteiger partial charge is 0.492 e. The molecule has 0 saturated carbocycles. The summed E-state index contributed by atoms with van der Waals surface area (Å²) in [5.41, 5.74) is 5.62. The van der Waals surface area contributed by atoms with E-state index in [1.165, 1.54) is 6.08 Å². The highest BCUT2D eigenvalue weighted by molar-refractivity contribution is 5.85. The Morgan fingerprint density at radius 1 is 1.35 bits per heavy atom. The number of primary amides is 1. The molecule has 0 fully saturated rings. The number of nitrogens with two attached hydrogens (primary N) is 1. The number of hydrogen-bond donors (Lipinski definition) is 2. The highest BCUT2D eigenvalue weighted by atomic mass is 16.5. The van der Waals surface area contributed by atoms with Crippen LogP contribution in [0.4, 0.5) is 0 Å². The second-order valence-corrected chi connectivity index (χ2v) is 3.27. The van der Waals surface area contributed by atoms with Gasteiger partial charge in [-0.2, -0.15) is 0 Å². The third kappa shape index (κ3) is 4.83. The smallest absolute Gasteiger partial charge is 0.328 e. The highest BCUT2D eigenvalue weighted by Gasteiger charge is 2.01.